The molecule has 0 N–H and O–H groups in total. The van der Waals surface area contributed by atoms with Crippen LogP contribution in [-0.4, -0.2) is 37.2 Å². The standard InChI is InChI=1S/C56H90O6/c1-4-7-10-13-16-19-22-24-26-27-28-30-31-34-37-40-43-46-49-55(58)61-52-53(51-60-54(57)48-45-42-39-36-33-21-18-15-12-9-6-3)62-56(59)50-47-44-41-38-35-32-29-25-23-20-17-14-11-8-5-2/h8-9,11-12,14,17-18,20-21,23,25,28-30,32,35-36,39,53H,4-7,10,13,15-16,19,22,24,26-27,31,33-34,37-38,40-52H2,1-3H3/b11-8-,12-9-,17-14-,21-18-,23-20-,29-25-,30-28-,35-32-,39-36-. The van der Waals surface area contributed by atoms with E-state index in [0.29, 0.717) is 19.3 Å². The van der Waals surface area contributed by atoms with Crippen molar-refractivity contribution in [1.29, 1.82) is 0 Å². The van der Waals surface area contributed by atoms with E-state index in [1.54, 1.807) is 0 Å². The summed E-state index contributed by atoms with van der Waals surface area (Å²) in [6, 6.07) is 0. The van der Waals surface area contributed by atoms with Crippen LogP contribution >= 0.6 is 0 Å². The topological polar surface area (TPSA) is 78.9 Å². The van der Waals surface area contributed by atoms with Crippen molar-refractivity contribution in [3.63, 3.8) is 0 Å². The highest BCUT2D eigenvalue weighted by Crippen LogP contribution is 2.13. The fraction of sp³-hybridized carbons (Fsp3) is 0.625. The van der Waals surface area contributed by atoms with Gasteiger partial charge in [-0.05, 0) is 89.9 Å². The van der Waals surface area contributed by atoms with Gasteiger partial charge in [0, 0.05) is 19.3 Å². The molecule has 0 aromatic heterocycles. The SMILES string of the molecule is CC\C=C/C=C\C=C/C=C\C=C/CCCCCC(=O)OC(COC(=O)CCC/C=C\C/C=C\C/C=C\CC)COC(=O)CCCCCCC/C=C\CCCCCCCCCCC. The Hall–Kier alpha value is -3.93. The molecule has 0 bridgehead atoms. The second kappa shape index (κ2) is 49.7. The summed E-state index contributed by atoms with van der Waals surface area (Å²) in [6.45, 7) is 6.27. The van der Waals surface area contributed by atoms with Gasteiger partial charge < -0.3 is 14.2 Å². The summed E-state index contributed by atoms with van der Waals surface area (Å²) < 4.78 is 16.7. The molecule has 6 nitrogen and oxygen atoms in total. The Kier molecular flexibility index (Phi) is 46.6. The summed E-state index contributed by atoms with van der Waals surface area (Å²) in [4.78, 5) is 37.9. The van der Waals surface area contributed by atoms with E-state index in [9.17, 15) is 14.4 Å². The first kappa shape index (κ1) is 58.1. The number of allylic oxidation sites excluding steroid dienone is 18. The smallest absolute Gasteiger partial charge is 0.306 e. The Labute approximate surface area is 380 Å². The highest BCUT2D eigenvalue weighted by Gasteiger charge is 2.19. The summed E-state index contributed by atoms with van der Waals surface area (Å²) in [5, 5.41) is 0. The monoisotopic (exact) mass is 859 g/mol. The minimum Gasteiger partial charge on any atom is -0.462 e. The Bertz CT molecular complexity index is 1310. The Balaban J connectivity index is 4.50. The summed E-state index contributed by atoms with van der Waals surface area (Å²) in [5.74, 6) is -1.03. The van der Waals surface area contributed by atoms with Gasteiger partial charge in [-0.2, -0.15) is 0 Å². The van der Waals surface area contributed by atoms with Gasteiger partial charge in [0.05, 0.1) is 0 Å². The maximum atomic E-state index is 12.8. The van der Waals surface area contributed by atoms with Crippen molar-refractivity contribution in [2.24, 2.45) is 0 Å². The number of rotatable bonds is 43. The molecule has 0 saturated heterocycles. The molecule has 6 heteroatoms. The van der Waals surface area contributed by atoms with E-state index in [0.717, 1.165) is 83.5 Å². The second-order valence-electron chi connectivity index (χ2n) is 16.1. The quantitative estimate of drug-likeness (QED) is 0.0200. The van der Waals surface area contributed by atoms with E-state index in [2.05, 4.69) is 81.5 Å². The van der Waals surface area contributed by atoms with Crippen molar-refractivity contribution in [1.82, 2.24) is 0 Å². The van der Waals surface area contributed by atoms with Gasteiger partial charge >= 0.3 is 17.9 Å². The fourth-order valence-corrected chi connectivity index (χ4v) is 6.42. The average Bonchev–Trinajstić information content (AvgIpc) is 3.27. The van der Waals surface area contributed by atoms with E-state index >= 15 is 0 Å². The molecule has 1 unspecified atom stereocenters. The zero-order chi connectivity index (χ0) is 45.1. The van der Waals surface area contributed by atoms with Gasteiger partial charge in [0.2, 0.25) is 0 Å². The molecule has 0 aliphatic heterocycles. The molecule has 0 fully saturated rings. The number of esters is 3. The maximum Gasteiger partial charge on any atom is 0.306 e. The van der Waals surface area contributed by atoms with Gasteiger partial charge in [0.25, 0.3) is 0 Å². The maximum absolute atomic E-state index is 12.8. The van der Waals surface area contributed by atoms with E-state index < -0.39 is 6.10 Å². The number of unbranched alkanes of at least 4 members (excludes halogenated alkanes) is 18. The van der Waals surface area contributed by atoms with Crippen LogP contribution in [0.25, 0.3) is 0 Å². The van der Waals surface area contributed by atoms with E-state index in [1.807, 2.05) is 48.6 Å². The first-order chi connectivity index (χ1) is 30.5. The predicted molar refractivity (Wildman–Crippen MR) is 265 cm³/mol. The molecule has 0 heterocycles. The minimum atomic E-state index is -0.824. The molecule has 0 aromatic rings. The third-order valence-electron chi connectivity index (χ3n) is 10.1. The first-order valence-electron chi connectivity index (χ1n) is 25.0. The highest BCUT2D eigenvalue weighted by atomic mass is 16.6. The van der Waals surface area contributed by atoms with Crippen LogP contribution in [0, 0.1) is 0 Å². The molecule has 0 amide bonds. The van der Waals surface area contributed by atoms with Crippen LogP contribution in [0.5, 0.6) is 0 Å². The first-order valence-corrected chi connectivity index (χ1v) is 25.0. The zero-order valence-corrected chi connectivity index (χ0v) is 39.8. The van der Waals surface area contributed by atoms with E-state index in [4.69, 9.17) is 14.2 Å². The summed E-state index contributed by atoms with van der Waals surface area (Å²) in [5.41, 5.74) is 0. The normalized spacial score (nSPS) is 13.0. The van der Waals surface area contributed by atoms with Crippen LogP contribution in [0.15, 0.2) is 109 Å². The fourth-order valence-electron chi connectivity index (χ4n) is 6.42. The van der Waals surface area contributed by atoms with Gasteiger partial charge in [0.15, 0.2) is 6.10 Å². The lowest BCUT2D eigenvalue weighted by Gasteiger charge is -2.18. The predicted octanol–water partition coefficient (Wildman–Crippen LogP) is 16.4. The Morgan fingerprint density at radius 3 is 1.27 bits per heavy atom. The van der Waals surface area contributed by atoms with Crippen LogP contribution in [0.1, 0.15) is 207 Å². The molecule has 1 atom stereocenters. The molecular weight excluding hydrogens is 769 g/mol. The molecule has 0 aliphatic rings. The molecule has 0 spiro atoms. The number of carbonyl (C=O) groups is 3. The van der Waals surface area contributed by atoms with Gasteiger partial charge in [-0.1, -0.05) is 207 Å². The lowest BCUT2D eigenvalue weighted by molar-refractivity contribution is -0.167. The zero-order valence-electron chi connectivity index (χ0n) is 39.8. The molecule has 0 radical (unpaired) electrons. The Morgan fingerprint density at radius 1 is 0.355 bits per heavy atom. The van der Waals surface area contributed by atoms with Crippen LogP contribution in [0.3, 0.4) is 0 Å². The van der Waals surface area contributed by atoms with Crippen LogP contribution in [-0.2, 0) is 28.6 Å². The summed E-state index contributed by atoms with van der Waals surface area (Å²) in [7, 11) is 0. The van der Waals surface area contributed by atoms with Crippen molar-refractivity contribution < 1.29 is 28.6 Å². The molecule has 0 aromatic carbocycles. The molecule has 0 rings (SSSR count). The van der Waals surface area contributed by atoms with Crippen molar-refractivity contribution in [3.8, 4) is 0 Å². The third kappa shape index (κ3) is 47.1. The number of carbonyl (C=O) groups excluding carboxylic acids is 3. The second-order valence-corrected chi connectivity index (χ2v) is 16.1. The molecular formula is C56H90O6. The number of hydrogen-bond donors (Lipinski definition) is 0. The molecule has 62 heavy (non-hydrogen) atoms. The number of ether oxygens (including phenoxy) is 3. The van der Waals surface area contributed by atoms with Crippen LogP contribution in [0.2, 0.25) is 0 Å². The average molecular weight is 859 g/mol. The van der Waals surface area contributed by atoms with Crippen molar-refractivity contribution in [2.75, 3.05) is 13.2 Å². The van der Waals surface area contributed by atoms with Crippen molar-refractivity contribution in [3.05, 3.63) is 109 Å². The van der Waals surface area contributed by atoms with Crippen molar-refractivity contribution >= 4 is 17.9 Å². The summed E-state index contributed by atoms with van der Waals surface area (Å²) >= 11 is 0. The van der Waals surface area contributed by atoms with E-state index in [1.165, 1.54) is 70.6 Å². The minimum absolute atomic E-state index is 0.118. The molecule has 0 aliphatic carbocycles. The van der Waals surface area contributed by atoms with Gasteiger partial charge in [-0.25, -0.2) is 0 Å². The van der Waals surface area contributed by atoms with Crippen molar-refractivity contribution in [2.45, 2.75) is 213 Å². The van der Waals surface area contributed by atoms with Crippen LogP contribution < -0.4 is 0 Å². The highest BCUT2D eigenvalue weighted by molar-refractivity contribution is 5.71. The molecule has 0 saturated carbocycles. The molecule has 350 valence electrons. The Morgan fingerprint density at radius 2 is 0.726 bits per heavy atom. The van der Waals surface area contributed by atoms with Crippen LogP contribution in [0.4, 0.5) is 0 Å². The van der Waals surface area contributed by atoms with E-state index in [-0.39, 0.29) is 44.0 Å². The number of hydrogen-bond acceptors (Lipinski definition) is 6. The van der Waals surface area contributed by atoms with Gasteiger partial charge in [0.1, 0.15) is 13.2 Å². The summed E-state index contributed by atoms with van der Waals surface area (Å²) in [6.07, 6.45) is 66.6. The van der Waals surface area contributed by atoms with Gasteiger partial charge in [-0.15, -0.1) is 0 Å². The third-order valence-corrected chi connectivity index (χ3v) is 10.1. The van der Waals surface area contributed by atoms with Gasteiger partial charge in [-0.3, -0.25) is 14.4 Å². The largest absolute Gasteiger partial charge is 0.462 e. The lowest BCUT2D eigenvalue weighted by atomic mass is 10.1. The lowest BCUT2D eigenvalue weighted by Crippen LogP contribution is -2.30.